The second kappa shape index (κ2) is 10.9. The zero-order valence-corrected chi connectivity index (χ0v) is 18.3. The molecule has 3 heterocycles. The number of aromatic nitrogens is 1. The van der Waals surface area contributed by atoms with E-state index in [2.05, 4.69) is 4.98 Å². The van der Waals surface area contributed by atoms with Gasteiger partial charge in [0.1, 0.15) is 13.2 Å². The molecule has 1 amide bonds. The van der Waals surface area contributed by atoms with Gasteiger partial charge >= 0.3 is 6.09 Å². The number of nitrogens with zero attached hydrogens (tertiary/aromatic N) is 2. The quantitative estimate of drug-likeness (QED) is 0.566. The second-order valence-electron chi connectivity index (χ2n) is 7.18. The topological polar surface area (TPSA) is 73.2 Å². The summed E-state index contributed by atoms with van der Waals surface area (Å²) >= 11 is 0. The van der Waals surface area contributed by atoms with Crippen molar-refractivity contribution in [2.45, 2.75) is 29.1 Å². The van der Waals surface area contributed by atoms with Gasteiger partial charge in [0.25, 0.3) is 0 Å². The molecule has 1 N–H and O–H groups in total. The number of halogens is 1. The molecule has 7 nitrogen and oxygen atoms in total. The van der Waals surface area contributed by atoms with Crippen LogP contribution >= 0.6 is 0 Å². The SMILES string of the molecule is O=C(OCCOCC[NH+]1CCCCC1)N1c2ccccc2S(=O)c2cccnc21.[Cl-]. The fourth-order valence-electron chi connectivity index (χ4n) is 3.78. The number of nitrogens with one attached hydrogen (secondary N) is 1. The van der Waals surface area contributed by atoms with Gasteiger partial charge in [-0.25, -0.2) is 18.9 Å². The van der Waals surface area contributed by atoms with E-state index in [0.717, 1.165) is 6.54 Å². The summed E-state index contributed by atoms with van der Waals surface area (Å²) in [5, 5.41) is 0. The monoisotopic (exact) mass is 451 g/mol. The van der Waals surface area contributed by atoms with Gasteiger partial charge in [0.15, 0.2) is 5.82 Å². The number of fused-ring (bicyclic) bond motifs is 2. The Kier molecular flexibility index (Phi) is 8.21. The van der Waals surface area contributed by atoms with E-state index < -0.39 is 16.9 Å². The average Bonchev–Trinajstić information content (AvgIpc) is 2.77. The molecule has 2 aliphatic heterocycles. The Labute approximate surface area is 185 Å². The van der Waals surface area contributed by atoms with E-state index in [4.69, 9.17) is 9.47 Å². The third kappa shape index (κ3) is 5.00. The molecule has 9 heteroatoms. The number of likely N-dealkylation sites (tertiary alicyclic amines) is 1. The van der Waals surface area contributed by atoms with Crippen LogP contribution in [-0.2, 0) is 20.3 Å². The summed E-state index contributed by atoms with van der Waals surface area (Å²) < 4.78 is 23.9. The molecular weight excluding hydrogens is 426 g/mol. The van der Waals surface area contributed by atoms with Crippen LogP contribution in [0.15, 0.2) is 52.4 Å². The number of quaternary nitrogens is 1. The van der Waals surface area contributed by atoms with E-state index in [1.807, 2.05) is 0 Å². The van der Waals surface area contributed by atoms with Crippen LogP contribution in [-0.4, -0.2) is 54.7 Å². The Hall–Kier alpha value is -2.00. The lowest BCUT2D eigenvalue weighted by Gasteiger charge is -2.28. The first-order valence-corrected chi connectivity index (χ1v) is 11.2. The number of carbonyl (C=O) groups is 1. The molecule has 0 bridgehead atoms. The van der Waals surface area contributed by atoms with Crippen molar-refractivity contribution in [2.75, 3.05) is 44.4 Å². The number of para-hydroxylation sites is 1. The summed E-state index contributed by atoms with van der Waals surface area (Å²) in [5.41, 5.74) is 0.539. The van der Waals surface area contributed by atoms with Crippen LogP contribution < -0.4 is 22.2 Å². The Balaban J connectivity index is 0.00000256. The first kappa shape index (κ1) is 22.7. The maximum absolute atomic E-state index is 12.8. The van der Waals surface area contributed by atoms with Crippen LogP contribution in [0.2, 0.25) is 0 Å². The third-order valence-electron chi connectivity index (χ3n) is 5.26. The van der Waals surface area contributed by atoms with Gasteiger partial charge in [0.05, 0.1) is 52.6 Å². The van der Waals surface area contributed by atoms with Gasteiger partial charge < -0.3 is 26.8 Å². The lowest BCUT2D eigenvalue weighted by atomic mass is 10.1. The summed E-state index contributed by atoms with van der Waals surface area (Å²) in [6.45, 7) is 4.63. The highest BCUT2D eigenvalue weighted by Crippen LogP contribution is 2.40. The molecular formula is C21H26ClN3O4S. The molecule has 0 spiro atoms. The molecule has 1 saturated heterocycles. The molecule has 1 unspecified atom stereocenters. The van der Waals surface area contributed by atoms with Crippen LogP contribution in [0.25, 0.3) is 0 Å². The molecule has 0 aliphatic carbocycles. The number of benzene rings is 1. The molecule has 0 radical (unpaired) electrons. The number of ether oxygens (including phenoxy) is 2. The minimum atomic E-state index is -1.38. The number of carbonyl (C=O) groups excluding carboxylic acids is 1. The summed E-state index contributed by atoms with van der Waals surface area (Å²) in [7, 11) is -1.38. The number of piperidine rings is 1. The average molecular weight is 452 g/mol. The number of anilines is 2. The van der Waals surface area contributed by atoms with E-state index in [1.165, 1.54) is 37.3 Å². The minimum Gasteiger partial charge on any atom is -1.00 e. The van der Waals surface area contributed by atoms with E-state index in [1.54, 1.807) is 47.5 Å². The van der Waals surface area contributed by atoms with E-state index >= 15 is 0 Å². The lowest BCUT2D eigenvalue weighted by Crippen LogP contribution is -3.13. The molecule has 0 saturated carbocycles. The predicted molar refractivity (Wildman–Crippen MR) is 109 cm³/mol. The van der Waals surface area contributed by atoms with Crippen LogP contribution in [0.1, 0.15) is 19.3 Å². The van der Waals surface area contributed by atoms with E-state index in [0.29, 0.717) is 34.5 Å². The van der Waals surface area contributed by atoms with Crippen molar-refractivity contribution in [2.24, 2.45) is 0 Å². The van der Waals surface area contributed by atoms with Gasteiger partial charge in [-0.05, 0) is 43.5 Å². The highest BCUT2D eigenvalue weighted by Gasteiger charge is 2.33. The zero-order chi connectivity index (χ0) is 20.1. The predicted octanol–water partition coefficient (Wildman–Crippen LogP) is -1.07. The first-order chi connectivity index (χ1) is 14.3. The number of rotatable bonds is 6. The van der Waals surface area contributed by atoms with Gasteiger partial charge in [-0.15, -0.1) is 0 Å². The molecule has 1 aromatic heterocycles. The number of amides is 1. The van der Waals surface area contributed by atoms with Crippen LogP contribution in [0.5, 0.6) is 0 Å². The Morgan fingerprint density at radius 1 is 1.03 bits per heavy atom. The summed E-state index contributed by atoms with van der Waals surface area (Å²) in [6, 6.07) is 10.6. The molecule has 30 heavy (non-hydrogen) atoms. The number of hydrogen-bond donors (Lipinski definition) is 1. The fraction of sp³-hybridized carbons (Fsp3) is 0.429. The molecule has 1 aromatic carbocycles. The summed E-state index contributed by atoms with van der Waals surface area (Å²) in [5.74, 6) is 0.351. The zero-order valence-electron chi connectivity index (χ0n) is 16.7. The molecule has 4 rings (SSSR count). The standard InChI is InChI=1S/C21H25N3O4S.ClH/c25-21(28-16-15-27-14-13-23-11-4-1-5-12-23)24-17-7-2-3-8-18(17)29(26)19-9-6-10-22-20(19)24;/h2-3,6-10H,1,4-5,11-16H2;1H. The Bertz CT molecular complexity index is 843. The number of pyridine rings is 1. The molecule has 1 fully saturated rings. The third-order valence-corrected chi connectivity index (χ3v) is 6.73. The van der Waals surface area contributed by atoms with E-state index in [-0.39, 0.29) is 19.0 Å². The van der Waals surface area contributed by atoms with Crippen molar-refractivity contribution in [1.29, 1.82) is 0 Å². The second-order valence-corrected chi connectivity index (χ2v) is 8.60. The van der Waals surface area contributed by atoms with Gasteiger partial charge in [-0.3, -0.25) is 0 Å². The first-order valence-electron chi connectivity index (χ1n) is 10.1. The van der Waals surface area contributed by atoms with Gasteiger partial charge in [-0.2, -0.15) is 0 Å². The summed E-state index contributed by atoms with van der Waals surface area (Å²) in [4.78, 5) is 21.2. The van der Waals surface area contributed by atoms with Crippen molar-refractivity contribution in [3.8, 4) is 0 Å². The van der Waals surface area contributed by atoms with Gasteiger partial charge in [0, 0.05) is 6.20 Å². The largest absolute Gasteiger partial charge is 1.00 e. The van der Waals surface area contributed by atoms with Crippen molar-refractivity contribution < 1.29 is 35.8 Å². The van der Waals surface area contributed by atoms with Crippen molar-refractivity contribution >= 4 is 28.4 Å². The van der Waals surface area contributed by atoms with Crippen LogP contribution in [0, 0.1) is 0 Å². The van der Waals surface area contributed by atoms with Crippen molar-refractivity contribution in [3.63, 3.8) is 0 Å². The van der Waals surface area contributed by atoms with Crippen molar-refractivity contribution in [3.05, 3.63) is 42.6 Å². The molecule has 2 aromatic rings. The Morgan fingerprint density at radius 2 is 1.80 bits per heavy atom. The normalized spacial score (nSPS) is 18.1. The molecule has 2 aliphatic rings. The smallest absolute Gasteiger partial charge is 0.420 e. The van der Waals surface area contributed by atoms with Crippen LogP contribution in [0.3, 0.4) is 0 Å². The summed E-state index contributed by atoms with van der Waals surface area (Å²) in [6.07, 6.45) is 4.97. The van der Waals surface area contributed by atoms with Gasteiger partial charge in [-0.1, -0.05) is 12.1 Å². The highest BCUT2D eigenvalue weighted by molar-refractivity contribution is 7.85. The fourth-order valence-corrected chi connectivity index (χ4v) is 5.08. The van der Waals surface area contributed by atoms with Crippen molar-refractivity contribution in [1.82, 2.24) is 4.98 Å². The van der Waals surface area contributed by atoms with E-state index in [9.17, 15) is 9.00 Å². The maximum atomic E-state index is 12.8. The van der Waals surface area contributed by atoms with Gasteiger partial charge in [0.2, 0.25) is 0 Å². The lowest BCUT2D eigenvalue weighted by molar-refractivity contribution is -0.905. The molecule has 162 valence electrons. The highest BCUT2D eigenvalue weighted by atomic mass is 35.5. The van der Waals surface area contributed by atoms with Crippen LogP contribution in [0.4, 0.5) is 16.3 Å². The molecule has 1 atom stereocenters. The minimum absolute atomic E-state index is 0. The number of hydrogen-bond acceptors (Lipinski definition) is 5. The maximum Gasteiger partial charge on any atom is 0.420 e. The Morgan fingerprint density at radius 3 is 2.63 bits per heavy atom.